The Kier molecular flexibility index (Phi) is 3.38. The van der Waals surface area contributed by atoms with Crippen molar-refractivity contribution >= 4 is 21.7 Å². The minimum absolute atomic E-state index is 0.0139. The van der Waals surface area contributed by atoms with Gasteiger partial charge >= 0.3 is 0 Å². The first-order valence-electron chi connectivity index (χ1n) is 6.30. The number of hydrogen-bond acceptors (Lipinski definition) is 2. The zero-order chi connectivity index (χ0) is 13.2. The number of carbonyl (C=O) groups is 1. The van der Waals surface area contributed by atoms with Crippen LogP contribution in [0.25, 0.3) is 0 Å². The van der Waals surface area contributed by atoms with Crippen molar-refractivity contribution < 1.29 is 9.53 Å². The highest BCUT2D eigenvalue weighted by atomic mass is 79.9. The first kappa shape index (κ1) is 12.4. The molecule has 0 bridgehead atoms. The van der Waals surface area contributed by atoms with Crippen LogP contribution < -0.4 is 4.74 Å². The Morgan fingerprint density at radius 2 is 2.00 bits per heavy atom. The summed E-state index contributed by atoms with van der Waals surface area (Å²) < 4.78 is 6.60. The Balaban J connectivity index is 2.05. The molecule has 0 radical (unpaired) electrons. The number of aryl methyl sites for hydroxylation is 1. The van der Waals surface area contributed by atoms with Gasteiger partial charge < -0.3 is 4.74 Å². The fourth-order valence-electron chi connectivity index (χ4n) is 2.35. The van der Waals surface area contributed by atoms with E-state index < -0.39 is 0 Å². The fraction of sp³-hybridized carbons (Fsp3) is 0.188. The van der Waals surface area contributed by atoms with E-state index in [0.29, 0.717) is 17.7 Å². The lowest BCUT2D eigenvalue weighted by molar-refractivity contribution is 0.103. The molecule has 2 aromatic rings. The van der Waals surface area contributed by atoms with Gasteiger partial charge in [0.05, 0.1) is 12.2 Å². The van der Waals surface area contributed by atoms with Crippen LogP contribution in [-0.4, -0.2) is 12.4 Å². The first-order valence-corrected chi connectivity index (χ1v) is 7.10. The highest BCUT2D eigenvalue weighted by Gasteiger charge is 2.20. The van der Waals surface area contributed by atoms with Crippen LogP contribution in [0.15, 0.2) is 46.9 Å². The molecule has 0 unspecified atom stereocenters. The Morgan fingerprint density at radius 3 is 2.84 bits per heavy atom. The van der Waals surface area contributed by atoms with Crippen LogP contribution in [-0.2, 0) is 6.42 Å². The summed E-state index contributed by atoms with van der Waals surface area (Å²) in [5, 5.41) is 0. The minimum Gasteiger partial charge on any atom is -0.493 e. The van der Waals surface area contributed by atoms with E-state index in [-0.39, 0.29) is 5.78 Å². The van der Waals surface area contributed by atoms with Gasteiger partial charge in [0.25, 0.3) is 0 Å². The topological polar surface area (TPSA) is 26.3 Å². The Hall–Kier alpha value is -1.61. The van der Waals surface area contributed by atoms with Crippen molar-refractivity contribution in [2.45, 2.75) is 12.8 Å². The zero-order valence-electron chi connectivity index (χ0n) is 10.4. The lowest BCUT2D eigenvalue weighted by Gasteiger charge is -2.19. The maximum atomic E-state index is 12.6. The molecule has 19 heavy (non-hydrogen) atoms. The molecule has 0 N–H and O–H groups in total. The van der Waals surface area contributed by atoms with Gasteiger partial charge in [-0.1, -0.05) is 40.2 Å². The first-order chi connectivity index (χ1) is 9.25. The molecule has 0 atom stereocenters. The summed E-state index contributed by atoms with van der Waals surface area (Å²) in [4.78, 5) is 12.6. The number of ketones is 1. The number of fused-ring (bicyclic) bond motifs is 1. The predicted octanol–water partition coefficient (Wildman–Crippen LogP) is 4.01. The third-order valence-electron chi connectivity index (χ3n) is 3.26. The molecule has 3 heteroatoms. The average Bonchev–Trinajstić information content (AvgIpc) is 2.46. The molecule has 0 aromatic heterocycles. The van der Waals surface area contributed by atoms with Gasteiger partial charge in [-0.3, -0.25) is 4.79 Å². The van der Waals surface area contributed by atoms with Crippen LogP contribution in [0.5, 0.6) is 5.75 Å². The Morgan fingerprint density at radius 1 is 1.16 bits per heavy atom. The molecular formula is C16H13BrO2. The molecule has 96 valence electrons. The van der Waals surface area contributed by atoms with Crippen molar-refractivity contribution in [1.82, 2.24) is 0 Å². The molecule has 1 aliphatic rings. The van der Waals surface area contributed by atoms with Gasteiger partial charge in [-0.05, 0) is 36.6 Å². The van der Waals surface area contributed by atoms with Crippen molar-refractivity contribution in [3.8, 4) is 5.75 Å². The standard InChI is InChI=1S/C16H13BrO2/c17-13-7-1-5-12(10-13)15(18)14-8-2-4-11-6-3-9-19-16(11)14/h1-2,4-5,7-8,10H,3,6,9H2. The van der Waals surface area contributed by atoms with Crippen LogP contribution in [0.2, 0.25) is 0 Å². The molecule has 3 rings (SSSR count). The Labute approximate surface area is 120 Å². The second kappa shape index (κ2) is 5.17. The van der Waals surface area contributed by atoms with E-state index in [1.807, 2.05) is 42.5 Å². The molecule has 0 spiro atoms. The number of carbonyl (C=O) groups excluding carboxylic acids is 1. The van der Waals surface area contributed by atoms with Crippen molar-refractivity contribution in [3.05, 3.63) is 63.6 Å². The number of ether oxygens (including phenoxy) is 1. The van der Waals surface area contributed by atoms with E-state index in [1.54, 1.807) is 0 Å². The van der Waals surface area contributed by atoms with E-state index >= 15 is 0 Å². The summed E-state index contributed by atoms with van der Waals surface area (Å²) >= 11 is 3.39. The van der Waals surface area contributed by atoms with E-state index in [9.17, 15) is 4.79 Å². The molecule has 0 saturated carbocycles. The van der Waals surface area contributed by atoms with Gasteiger partial charge in [0.2, 0.25) is 0 Å². The number of benzene rings is 2. The van der Waals surface area contributed by atoms with Crippen LogP contribution in [0.4, 0.5) is 0 Å². The van der Waals surface area contributed by atoms with Crippen LogP contribution in [0, 0.1) is 0 Å². The van der Waals surface area contributed by atoms with Gasteiger partial charge in [-0.2, -0.15) is 0 Å². The lowest BCUT2D eigenvalue weighted by atomic mass is 9.97. The largest absolute Gasteiger partial charge is 0.493 e. The summed E-state index contributed by atoms with van der Waals surface area (Å²) in [6.07, 6.45) is 2.00. The van der Waals surface area contributed by atoms with Crippen molar-refractivity contribution in [1.29, 1.82) is 0 Å². The van der Waals surface area contributed by atoms with Crippen LogP contribution in [0.1, 0.15) is 27.9 Å². The molecule has 0 aliphatic carbocycles. The van der Waals surface area contributed by atoms with E-state index in [0.717, 1.165) is 28.6 Å². The SMILES string of the molecule is O=C(c1cccc(Br)c1)c1cccc2c1OCCC2. The van der Waals surface area contributed by atoms with E-state index in [4.69, 9.17) is 4.74 Å². The molecule has 0 amide bonds. The maximum absolute atomic E-state index is 12.6. The predicted molar refractivity (Wildman–Crippen MR) is 77.8 cm³/mol. The molecule has 1 heterocycles. The monoisotopic (exact) mass is 316 g/mol. The van der Waals surface area contributed by atoms with Crippen molar-refractivity contribution in [2.24, 2.45) is 0 Å². The van der Waals surface area contributed by atoms with Gasteiger partial charge in [-0.15, -0.1) is 0 Å². The molecule has 1 aliphatic heterocycles. The summed E-state index contributed by atoms with van der Waals surface area (Å²) in [6.45, 7) is 0.690. The molecule has 0 fully saturated rings. The van der Waals surface area contributed by atoms with Crippen LogP contribution >= 0.6 is 15.9 Å². The average molecular weight is 317 g/mol. The Bertz CT molecular complexity index is 634. The normalized spacial score (nSPS) is 13.5. The summed E-state index contributed by atoms with van der Waals surface area (Å²) in [5.74, 6) is 0.777. The van der Waals surface area contributed by atoms with Gasteiger partial charge in [0.15, 0.2) is 5.78 Å². The van der Waals surface area contributed by atoms with Gasteiger partial charge in [-0.25, -0.2) is 0 Å². The van der Waals surface area contributed by atoms with Crippen molar-refractivity contribution in [2.75, 3.05) is 6.61 Å². The fourth-order valence-corrected chi connectivity index (χ4v) is 2.75. The molecular weight excluding hydrogens is 304 g/mol. The van der Waals surface area contributed by atoms with E-state index in [1.165, 1.54) is 0 Å². The quantitative estimate of drug-likeness (QED) is 0.783. The molecule has 2 nitrogen and oxygen atoms in total. The van der Waals surface area contributed by atoms with Crippen molar-refractivity contribution in [3.63, 3.8) is 0 Å². The minimum atomic E-state index is 0.0139. The number of rotatable bonds is 2. The molecule has 0 saturated heterocycles. The third kappa shape index (κ3) is 2.43. The number of hydrogen-bond donors (Lipinski definition) is 0. The number of para-hydroxylation sites is 1. The highest BCUT2D eigenvalue weighted by Crippen LogP contribution is 2.30. The van der Waals surface area contributed by atoms with E-state index in [2.05, 4.69) is 15.9 Å². The summed E-state index contributed by atoms with van der Waals surface area (Å²) in [6, 6.07) is 13.2. The maximum Gasteiger partial charge on any atom is 0.196 e. The van der Waals surface area contributed by atoms with Gasteiger partial charge in [0.1, 0.15) is 5.75 Å². The second-order valence-electron chi connectivity index (χ2n) is 4.59. The molecule has 2 aromatic carbocycles. The smallest absolute Gasteiger partial charge is 0.196 e. The highest BCUT2D eigenvalue weighted by molar-refractivity contribution is 9.10. The van der Waals surface area contributed by atoms with Crippen LogP contribution in [0.3, 0.4) is 0 Å². The van der Waals surface area contributed by atoms with Gasteiger partial charge in [0, 0.05) is 10.0 Å². The second-order valence-corrected chi connectivity index (χ2v) is 5.50. The summed E-state index contributed by atoms with van der Waals surface area (Å²) in [7, 11) is 0. The zero-order valence-corrected chi connectivity index (χ0v) is 11.9. The summed E-state index contributed by atoms with van der Waals surface area (Å²) in [5.41, 5.74) is 2.47. The number of halogens is 1. The third-order valence-corrected chi connectivity index (χ3v) is 3.76. The lowest BCUT2D eigenvalue weighted by Crippen LogP contribution is -2.13.